The highest BCUT2D eigenvalue weighted by atomic mass is 35.5. The number of nitrogens with zero attached hydrogens (tertiary/aromatic N) is 1. The SMILES string of the molecule is CN1C(C(=O)O)C(c2cccc(Cl)c2F)C2(C(=O)Nc3cc(Cl)ccc32)C1CC(C)(C)C. The highest BCUT2D eigenvalue weighted by Crippen LogP contribution is 2.59. The van der Waals surface area contributed by atoms with Gasteiger partial charge in [-0.15, -0.1) is 0 Å². The van der Waals surface area contributed by atoms with Crippen LogP contribution in [0.2, 0.25) is 10.0 Å². The van der Waals surface area contributed by atoms with E-state index in [1.807, 2.05) is 20.8 Å². The van der Waals surface area contributed by atoms with E-state index in [0.29, 0.717) is 22.7 Å². The number of fused-ring (bicyclic) bond motifs is 2. The first-order valence-corrected chi connectivity index (χ1v) is 11.2. The fourth-order valence-corrected chi connectivity index (χ4v) is 5.91. The summed E-state index contributed by atoms with van der Waals surface area (Å²) in [5.41, 5.74) is -0.302. The first-order chi connectivity index (χ1) is 14.9. The minimum Gasteiger partial charge on any atom is -0.480 e. The molecule has 1 spiro atoms. The van der Waals surface area contributed by atoms with Crippen LogP contribution in [0.3, 0.4) is 0 Å². The summed E-state index contributed by atoms with van der Waals surface area (Å²) in [6, 6.07) is 7.96. The molecule has 1 fully saturated rings. The number of hydrogen-bond donors (Lipinski definition) is 2. The van der Waals surface area contributed by atoms with Crippen LogP contribution in [0.4, 0.5) is 10.1 Å². The molecule has 8 heteroatoms. The van der Waals surface area contributed by atoms with Gasteiger partial charge in [0, 0.05) is 22.7 Å². The Labute approximate surface area is 196 Å². The number of carboxylic acids is 1. The van der Waals surface area contributed by atoms with Gasteiger partial charge in [0.15, 0.2) is 0 Å². The van der Waals surface area contributed by atoms with Crippen LogP contribution >= 0.6 is 23.2 Å². The largest absolute Gasteiger partial charge is 0.480 e. The summed E-state index contributed by atoms with van der Waals surface area (Å²) in [6.45, 7) is 6.10. The molecule has 0 aromatic heterocycles. The summed E-state index contributed by atoms with van der Waals surface area (Å²) in [7, 11) is 1.70. The highest BCUT2D eigenvalue weighted by molar-refractivity contribution is 6.31. The van der Waals surface area contributed by atoms with Crippen molar-refractivity contribution in [3.63, 3.8) is 0 Å². The van der Waals surface area contributed by atoms with Gasteiger partial charge in [0.2, 0.25) is 5.91 Å². The van der Waals surface area contributed by atoms with Crippen molar-refractivity contribution >= 4 is 40.8 Å². The third kappa shape index (κ3) is 3.31. The number of rotatable bonds is 3. The summed E-state index contributed by atoms with van der Waals surface area (Å²) in [4.78, 5) is 28.1. The van der Waals surface area contributed by atoms with Gasteiger partial charge in [0.05, 0.1) is 5.02 Å². The number of carboxylic acid groups (broad SMARTS) is 1. The minimum absolute atomic E-state index is 0.113. The van der Waals surface area contributed by atoms with Crippen molar-refractivity contribution in [2.45, 2.75) is 50.6 Å². The van der Waals surface area contributed by atoms with Gasteiger partial charge in [-0.2, -0.15) is 0 Å². The Balaban J connectivity index is 2.09. The molecule has 2 aromatic carbocycles. The Morgan fingerprint density at radius 3 is 2.56 bits per heavy atom. The quantitative estimate of drug-likeness (QED) is 0.626. The molecule has 32 heavy (non-hydrogen) atoms. The average molecular weight is 479 g/mol. The van der Waals surface area contributed by atoms with Gasteiger partial charge in [-0.25, -0.2) is 4.39 Å². The van der Waals surface area contributed by atoms with Crippen molar-refractivity contribution in [2.24, 2.45) is 5.41 Å². The highest BCUT2D eigenvalue weighted by Gasteiger charge is 2.68. The van der Waals surface area contributed by atoms with Crippen molar-refractivity contribution in [3.05, 3.63) is 63.4 Å². The zero-order valence-corrected chi connectivity index (χ0v) is 19.8. The lowest BCUT2D eigenvalue weighted by atomic mass is 9.62. The van der Waals surface area contributed by atoms with E-state index in [-0.39, 0.29) is 21.9 Å². The number of nitrogens with one attached hydrogen (secondary N) is 1. The molecule has 1 amide bonds. The van der Waals surface area contributed by atoms with Gasteiger partial charge in [0.1, 0.15) is 17.3 Å². The molecule has 0 saturated carbocycles. The van der Waals surface area contributed by atoms with Crippen LogP contribution in [0.1, 0.15) is 44.2 Å². The predicted molar refractivity (Wildman–Crippen MR) is 123 cm³/mol. The summed E-state index contributed by atoms with van der Waals surface area (Å²) in [5.74, 6) is -3.19. The van der Waals surface area contributed by atoms with E-state index in [2.05, 4.69) is 5.32 Å². The first kappa shape index (κ1) is 23.0. The van der Waals surface area contributed by atoms with Gasteiger partial charge >= 0.3 is 5.97 Å². The Kier molecular flexibility index (Phi) is 5.55. The maximum absolute atomic E-state index is 15.4. The molecule has 2 aromatic rings. The van der Waals surface area contributed by atoms with E-state index in [1.54, 1.807) is 36.2 Å². The fourth-order valence-electron chi connectivity index (χ4n) is 5.55. The molecule has 170 valence electrons. The number of likely N-dealkylation sites (N-methyl/N-ethyl adjacent to an activating group) is 1. The van der Waals surface area contributed by atoms with Crippen LogP contribution in [0, 0.1) is 11.2 Å². The van der Waals surface area contributed by atoms with E-state index in [9.17, 15) is 14.7 Å². The molecule has 1 saturated heterocycles. The Morgan fingerprint density at radius 1 is 1.25 bits per heavy atom. The van der Waals surface area contributed by atoms with Crippen LogP contribution < -0.4 is 5.32 Å². The van der Waals surface area contributed by atoms with Crippen LogP contribution in [0.15, 0.2) is 36.4 Å². The molecular formula is C24H25Cl2FN2O3. The Morgan fingerprint density at radius 2 is 1.94 bits per heavy atom. The number of hydrogen-bond acceptors (Lipinski definition) is 3. The standard InChI is InChI=1S/C24H25Cl2FN2O3/c1-23(2,3)11-17-24(14-9-8-12(25)10-16(14)28-22(24)32)18(20(21(30)31)29(17)4)13-6-5-7-15(26)19(13)27/h5-10,17-18,20H,11H2,1-4H3,(H,28,32)(H,30,31). The lowest BCUT2D eigenvalue weighted by molar-refractivity contribution is -0.142. The normalized spacial score (nSPS) is 27.6. The van der Waals surface area contributed by atoms with Gasteiger partial charge in [0.25, 0.3) is 0 Å². The molecule has 5 nitrogen and oxygen atoms in total. The second kappa shape index (κ2) is 7.72. The summed E-state index contributed by atoms with van der Waals surface area (Å²) >= 11 is 12.3. The van der Waals surface area contributed by atoms with E-state index in [0.717, 1.165) is 0 Å². The van der Waals surface area contributed by atoms with E-state index in [4.69, 9.17) is 23.2 Å². The van der Waals surface area contributed by atoms with Crippen molar-refractivity contribution in [2.75, 3.05) is 12.4 Å². The molecule has 4 atom stereocenters. The number of anilines is 1. The smallest absolute Gasteiger partial charge is 0.321 e. The van der Waals surface area contributed by atoms with Gasteiger partial charge in [-0.05, 0) is 48.2 Å². The van der Waals surface area contributed by atoms with Crippen molar-refractivity contribution in [3.8, 4) is 0 Å². The molecule has 2 N–H and O–H groups in total. The summed E-state index contributed by atoms with van der Waals surface area (Å²) in [6.07, 6.45) is 0.515. The molecular weight excluding hydrogens is 454 g/mol. The third-order valence-electron chi connectivity index (χ3n) is 6.69. The number of benzene rings is 2. The number of halogens is 3. The summed E-state index contributed by atoms with van der Waals surface area (Å²) in [5, 5.41) is 13.5. The molecule has 4 unspecified atom stereocenters. The molecule has 2 aliphatic heterocycles. The second-order valence-electron chi connectivity index (χ2n) is 9.86. The second-order valence-corrected chi connectivity index (χ2v) is 10.7. The van der Waals surface area contributed by atoms with Crippen LogP contribution in [-0.4, -0.2) is 41.0 Å². The first-order valence-electron chi connectivity index (χ1n) is 10.4. The monoisotopic (exact) mass is 478 g/mol. The average Bonchev–Trinajstić information content (AvgIpc) is 3.09. The zero-order valence-electron chi connectivity index (χ0n) is 18.2. The number of carbonyl (C=O) groups excluding carboxylic acids is 1. The summed E-state index contributed by atoms with van der Waals surface area (Å²) < 4.78 is 15.4. The van der Waals surface area contributed by atoms with Crippen LogP contribution in [0.25, 0.3) is 0 Å². The molecule has 2 heterocycles. The Bertz CT molecular complexity index is 1120. The molecule has 0 radical (unpaired) electrons. The number of likely N-dealkylation sites (tertiary alicyclic amines) is 1. The van der Waals surface area contributed by atoms with Gasteiger partial charge in [-0.3, -0.25) is 14.5 Å². The van der Waals surface area contributed by atoms with Crippen LogP contribution in [-0.2, 0) is 15.0 Å². The fraction of sp³-hybridized carbons (Fsp3) is 0.417. The molecule has 2 aliphatic rings. The van der Waals surface area contributed by atoms with E-state index in [1.165, 1.54) is 12.1 Å². The predicted octanol–water partition coefficient (Wildman–Crippen LogP) is 5.31. The minimum atomic E-state index is -1.34. The Hall–Kier alpha value is -2.15. The van der Waals surface area contributed by atoms with Crippen molar-refractivity contribution in [1.29, 1.82) is 0 Å². The van der Waals surface area contributed by atoms with Crippen molar-refractivity contribution < 1.29 is 19.1 Å². The lowest BCUT2D eigenvalue weighted by Gasteiger charge is -2.39. The third-order valence-corrected chi connectivity index (χ3v) is 7.22. The zero-order chi connectivity index (χ0) is 23.6. The topological polar surface area (TPSA) is 69.6 Å². The van der Waals surface area contributed by atoms with Gasteiger partial charge < -0.3 is 10.4 Å². The molecule has 0 aliphatic carbocycles. The molecule has 4 rings (SSSR count). The van der Waals surface area contributed by atoms with Crippen LogP contribution in [0.5, 0.6) is 0 Å². The molecule has 0 bridgehead atoms. The maximum Gasteiger partial charge on any atom is 0.321 e. The number of amides is 1. The maximum atomic E-state index is 15.4. The van der Waals surface area contributed by atoms with E-state index < -0.39 is 35.2 Å². The number of carbonyl (C=O) groups is 2. The lowest BCUT2D eigenvalue weighted by Crippen LogP contribution is -2.50. The number of aliphatic carboxylic acids is 1. The van der Waals surface area contributed by atoms with E-state index >= 15 is 4.39 Å². The van der Waals surface area contributed by atoms with Crippen molar-refractivity contribution in [1.82, 2.24) is 4.90 Å². The van der Waals surface area contributed by atoms with Gasteiger partial charge in [-0.1, -0.05) is 62.2 Å².